The first-order valence-corrected chi connectivity index (χ1v) is 11.7. The standard InChI is InChI=1S/C26H34N2O2/c1-18(2)21-9-11-22(12-10-21)25(29)15-20-8-13-24-23(14-20)16-26(30)28(27-24)17-19-6-4-3-5-7-19/h9-12,16,18-20H,3-8,13-15,17H2,1-2H3. The Morgan fingerprint density at radius 3 is 2.50 bits per heavy atom. The smallest absolute Gasteiger partial charge is 0.267 e. The van der Waals surface area contributed by atoms with Crippen LogP contribution in [0.2, 0.25) is 0 Å². The van der Waals surface area contributed by atoms with Crippen LogP contribution in [0.15, 0.2) is 35.1 Å². The molecule has 1 aromatic heterocycles. The zero-order valence-electron chi connectivity index (χ0n) is 18.4. The van der Waals surface area contributed by atoms with Crippen LogP contribution in [0.4, 0.5) is 0 Å². The Morgan fingerprint density at radius 2 is 1.80 bits per heavy atom. The Kier molecular flexibility index (Phi) is 6.50. The topological polar surface area (TPSA) is 52.0 Å². The highest BCUT2D eigenvalue weighted by atomic mass is 16.1. The summed E-state index contributed by atoms with van der Waals surface area (Å²) in [5.41, 5.74) is 4.20. The number of benzene rings is 1. The number of fused-ring (bicyclic) bond motifs is 1. The van der Waals surface area contributed by atoms with Crippen molar-refractivity contribution in [1.82, 2.24) is 9.78 Å². The number of rotatable bonds is 6. The number of carbonyl (C=O) groups excluding carboxylic acids is 1. The molecule has 0 saturated heterocycles. The Hall–Kier alpha value is -2.23. The van der Waals surface area contributed by atoms with Crippen molar-refractivity contribution >= 4 is 5.78 Å². The summed E-state index contributed by atoms with van der Waals surface area (Å²) in [5, 5.41) is 4.72. The number of hydrogen-bond acceptors (Lipinski definition) is 3. The Morgan fingerprint density at radius 1 is 1.07 bits per heavy atom. The minimum absolute atomic E-state index is 0.0237. The van der Waals surface area contributed by atoms with Gasteiger partial charge in [-0.2, -0.15) is 5.10 Å². The number of aromatic nitrogens is 2. The van der Waals surface area contributed by atoms with Gasteiger partial charge in [0.2, 0.25) is 0 Å². The van der Waals surface area contributed by atoms with Gasteiger partial charge >= 0.3 is 0 Å². The predicted molar refractivity (Wildman–Crippen MR) is 120 cm³/mol. The van der Waals surface area contributed by atoms with Crippen LogP contribution in [0.25, 0.3) is 0 Å². The van der Waals surface area contributed by atoms with Crippen molar-refractivity contribution in [3.63, 3.8) is 0 Å². The van der Waals surface area contributed by atoms with Crippen LogP contribution in [0.1, 0.15) is 91.9 Å². The molecular formula is C26H34N2O2. The summed E-state index contributed by atoms with van der Waals surface area (Å²) >= 11 is 0. The van der Waals surface area contributed by atoms with Crippen LogP contribution in [0.5, 0.6) is 0 Å². The number of Topliss-reactive ketones (excluding diaryl/α,β-unsaturated/α-hetero) is 1. The molecule has 0 bridgehead atoms. The first kappa shape index (κ1) is 21.0. The Bertz CT molecular complexity index is 936. The molecule has 0 amide bonds. The van der Waals surface area contributed by atoms with E-state index < -0.39 is 0 Å². The minimum atomic E-state index is 0.0237. The predicted octanol–water partition coefficient (Wildman–Crippen LogP) is 5.32. The van der Waals surface area contributed by atoms with E-state index in [2.05, 4.69) is 26.0 Å². The average Bonchev–Trinajstić information content (AvgIpc) is 2.75. The van der Waals surface area contributed by atoms with Crippen molar-refractivity contribution in [3.8, 4) is 0 Å². The zero-order chi connectivity index (χ0) is 21.1. The molecule has 0 N–H and O–H groups in total. The fraction of sp³-hybridized carbons (Fsp3) is 0.577. The third-order valence-corrected chi connectivity index (χ3v) is 6.99. The summed E-state index contributed by atoms with van der Waals surface area (Å²) in [5.74, 6) is 1.57. The molecule has 1 fully saturated rings. The van der Waals surface area contributed by atoms with Gasteiger partial charge in [0.25, 0.3) is 5.56 Å². The van der Waals surface area contributed by atoms with Gasteiger partial charge in [-0.3, -0.25) is 9.59 Å². The molecule has 4 heteroatoms. The first-order valence-electron chi connectivity index (χ1n) is 11.7. The number of carbonyl (C=O) groups is 1. The van der Waals surface area contributed by atoms with Crippen LogP contribution in [0.3, 0.4) is 0 Å². The van der Waals surface area contributed by atoms with Crippen molar-refractivity contribution in [2.45, 2.75) is 84.1 Å². The Balaban J connectivity index is 1.40. The number of nitrogens with zero attached hydrogens (tertiary/aromatic N) is 2. The Labute approximate surface area is 179 Å². The fourth-order valence-electron chi connectivity index (χ4n) is 5.06. The molecule has 2 aromatic rings. The van der Waals surface area contributed by atoms with Crippen LogP contribution >= 0.6 is 0 Å². The molecule has 1 aromatic carbocycles. The van der Waals surface area contributed by atoms with Crippen LogP contribution in [-0.4, -0.2) is 15.6 Å². The molecule has 1 heterocycles. The highest BCUT2D eigenvalue weighted by Gasteiger charge is 2.24. The lowest BCUT2D eigenvalue weighted by atomic mass is 9.83. The van der Waals surface area contributed by atoms with Gasteiger partial charge in [-0.15, -0.1) is 0 Å². The summed E-state index contributed by atoms with van der Waals surface area (Å²) in [4.78, 5) is 25.4. The maximum atomic E-state index is 12.8. The molecule has 1 atom stereocenters. The van der Waals surface area contributed by atoms with Crippen molar-refractivity contribution in [1.29, 1.82) is 0 Å². The highest BCUT2D eigenvalue weighted by Crippen LogP contribution is 2.28. The molecular weight excluding hydrogens is 372 g/mol. The molecule has 160 valence electrons. The van der Waals surface area contributed by atoms with Crippen LogP contribution in [-0.2, 0) is 19.4 Å². The fourth-order valence-corrected chi connectivity index (χ4v) is 5.06. The summed E-state index contributed by atoms with van der Waals surface area (Å²) in [6.45, 7) is 5.08. The molecule has 30 heavy (non-hydrogen) atoms. The second-order valence-electron chi connectivity index (χ2n) is 9.65. The molecule has 0 spiro atoms. The SMILES string of the molecule is CC(C)c1ccc(C(=O)CC2CCc3nn(CC4CCCCC4)c(=O)cc3C2)cc1. The van der Waals surface area contributed by atoms with E-state index in [9.17, 15) is 9.59 Å². The van der Waals surface area contributed by atoms with Crippen LogP contribution in [0, 0.1) is 11.8 Å². The summed E-state index contributed by atoms with van der Waals surface area (Å²) in [6.07, 6.45) is 9.48. The lowest BCUT2D eigenvalue weighted by Crippen LogP contribution is -2.31. The van der Waals surface area contributed by atoms with Gasteiger partial charge in [0.1, 0.15) is 0 Å². The zero-order valence-corrected chi connectivity index (χ0v) is 18.4. The third-order valence-electron chi connectivity index (χ3n) is 6.99. The van der Waals surface area contributed by atoms with Gasteiger partial charge in [0, 0.05) is 24.6 Å². The van der Waals surface area contributed by atoms with Crippen molar-refractivity contribution < 1.29 is 4.79 Å². The van der Waals surface area contributed by atoms with E-state index in [1.807, 2.05) is 12.1 Å². The molecule has 4 rings (SSSR count). The largest absolute Gasteiger partial charge is 0.294 e. The van der Waals surface area contributed by atoms with Gasteiger partial charge in [-0.1, -0.05) is 57.4 Å². The maximum Gasteiger partial charge on any atom is 0.267 e. The van der Waals surface area contributed by atoms with E-state index in [0.29, 0.717) is 24.2 Å². The highest BCUT2D eigenvalue weighted by molar-refractivity contribution is 5.96. The van der Waals surface area contributed by atoms with E-state index in [-0.39, 0.29) is 11.3 Å². The number of aryl methyl sites for hydroxylation is 1. The lowest BCUT2D eigenvalue weighted by Gasteiger charge is -2.25. The molecule has 0 radical (unpaired) electrons. The quantitative estimate of drug-likeness (QED) is 0.610. The molecule has 1 saturated carbocycles. The minimum Gasteiger partial charge on any atom is -0.294 e. The van der Waals surface area contributed by atoms with E-state index in [4.69, 9.17) is 5.10 Å². The second kappa shape index (κ2) is 9.28. The molecule has 4 nitrogen and oxygen atoms in total. The van der Waals surface area contributed by atoms with Gasteiger partial charge < -0.3 is 0 Å². The number of hydrogen-bond donors (Lipinski definition) is 0. The molecule has 0 aliphatic heterocycles. The van der Waals surface area contributed by atoms with Crippen LogP contribution < -0.4 is 5.56 Å². The van der Waals surface area contributed by atoms with E-state index in [0.717, 1.165) is 42.6 Å². The van der Waals surface area contributed by atoms with Gasteiger partial charge in [-0.05, 0) is 61.0 Å². The van der Waals surface area contributed by atoms with E-state index in [1.165, 1.54) is 37.7 Å². The van der Waals surface area contributed by atoms with Crippen molar-refractivity contribution in [2.75, 3.05) is 0 Å². The van der Waals surface area contributed by atoms with Gasteiger partial charge in [0.15, 0.2) is 5.78 Å². The monoisotopic (exact) mass is 406 g/mol. The summed E-state index contributed by atoms with van der Waals surface area (Å²) < 4.78 is 1.70. The van der Waals surface area contributed by atoms with E-state index in [1.54, 1.807) is 10.7 Å². The van der Waals surface area contributed by atoms with E-state index >= 15 is 0 Å². The average molecular weight is 407 g/mol. The third kappa shape index (κ3) is 4.91. The van der Waals surface area contributed by atoms with Gasteiger partial charge in [-0.25, -0.2) is 4.68 Å². The molecule has 2 aliphatic carbocycles. The van der Waals surface area contributed by atoms with Gasteiger partial charge in [0.05, 0.1) is 5.69 Å². The summed E-state index contributed by atoms with van der Waals surface area (Å²) in [6, 6.07) is 9.83. The summed E-state index contributed by atoms with van der Waals surface area (Å²) in [7, 11) is 0. The second-order valence-corrected chi connectivity index (χ2v) is 9.65. The van der Waals surface area contributed by atoms with Crippen molar-refractivity contribution in [3.05, 3.63) is 63.1 Å². The lowest BCUT2D eigenvalue weighted by molar-refractivity contribution is 0.0957. The maximum absolute atomic E-state index is 12.8. The molecule has 1 unspecified atom stereocenters. The normalized spacial score (nSPS) is 19.6. The van der Waals surface area contributed by atoms with Crippen molar-refractivity contribution in [2.24, 2.45) is 11.8 Å². The first-order chi connectivity index (χ1) is 14.5. The number of ketones is 1. The molecule has 2 aliphatic rings.